The van der Waals surface area contributed by atoms with Crippen LogP contribution < -0.4 is 10.2 Å². The highest BCUT2D eigenvalue weighted by Crippen LogP contribution is 2.32. The molecule has 0 atom stereocenters. The van der Waals surface area contributed by atoms with Gasteiger partial charge in [0.25, 0.3) is 11.1 Å². The van der Waals surface area contributed by atoms with Gasteiger partial charge < -0.3 is 10.2 Å². The number of carbonyl (C=O) groups is 3. The van der Waals surface area contributed by atoms with Gasteiger partial charge in [-0.25, -0.2) is 0 Å². The second kappa shape index (κ2) is 9.28. The first-order valence-electron chi connectivity index (χ1n) is 10.2. The number of rotatable bonds is 6. The van der Waals surface area contributed by atoms with E-state index in [1.54, 1.807) is 6.08 Å². The molecule has 1 aliphatic rings. The van der Waals surface area contributed by atoms with E-state index in [2.05, 4.69) is 5.32 Å². The number of imide groups is 1. The van der Waals surface area contributed by atoms with Crippen LogP contribution in [0.3, 0.4) is 0 Å². The van der Waals surface area contributed by atoms with Crippen LogP contribution in [0.1, 0.15) is 12.0 Å². The number of nitrogens with zero attached hydrogens (tertiary/aromatic N) is 2. The largest absolute Gasteiger partial charge is 0.378 e. The summed E-state index contributed by atoms with van der Waals surface area (Å²) in [5.41, 5.74) is 2.60. The lowest BCUT2D eigenvalue weighted by Crippen LogP contribution is -2.31. The highest BCUT2D eigenvalue weighted by atomic mass is 32.2. The summed E-state index contributed by atoms with van der Waals surface area (Å²) < 4.78 is 0. The van der Waals surface area contributed by atoms with Gasteiger partial charge >= 0.3 is 0 Å². The van der Waals surface area contributed by atoms with E-state index in [4.69, 9.17) is 0 Å². The Kier molecular flexibility index (Phi) is 6.28. The lowest BCUT2D eigenvalue weighted by molar-refractivity contribution is -0.123. The summed E-state index contributed by atoms with van der Waals surface area (Å²) in [6.07, 6.45) is 1.74. The molecular formula is C25H23N3O3S. The lowest BCUT2D eigenvalue weighted by Gasteiger charge is -2.13. The van der Waals surface area contributed by atoms with Crippen molar-refractivity contribution < 1.29 is 14.4 Å². The van der Waals surface area contributed by atoms with Gasteiger partial charge in [-0.15, -0.1) is 0 Å². The highest BCUT2D eigenvalue weighted by Gasteiger charge is 2.35. The summed E-state index contributed by atoms with van der Waals surface area (Å²) in [7, 11) is 3.91. The maximum atomic E-state index is 12.7. The number of thioether (sulfide) groups is 1. The predicted molar refractivity (Wildman–Crippen MR) is 131 cm³/mol. The van der Waals surface area contributed by atoms with Crippen LogP contribution in [0, 0.1) is 0 Å². The molecule has 0 saturated carbocycles. The first-order chi connectivity index (χ1) is 15.4. The average Bonchev–Trinajstić information content (AvgIpc) is 3.05. The summed E-state index contributed by atoms with van der Waals surface area (Å²) in [4.78, 5) is 41.1. The smallest absolute Gasteiger partial charge is 0.293 e. The summed E-state index contributed by atoms with van der Waals surface area (Å²) in [5, 5.41) is 4.50. The molecule has 0 radical (unpaired) electrons. The fourth-order valence-corrected chi connectivity index (χ4v) is 4.34. The number of hydrogen-bond donors (Lipinski definition) is 1. The molecule has 7 heteroatoms. The Hall–Kier alpha value is -3.58. The Morgan fingerprint density at radius 2 is 1.72 bits per heavy atom. The molecule has 0 aliphatic carbocycles. The van der Waals surface area contributed by atoms with Crippen molar-refractivity contribution in [2.45, 2.75) is 6.42 Å². The van der Waals surface area contributed by atoms with Crippen LogP contribution in [0.4, 0.5) is 16.2 Å². The third-order valence-corrected chi connectivity index (χ3v) is 6.11. The van der Waals surface area contributed by atoms with Gasteiger partial charge in [-0.05, 0) is 47.0 Å². The van der Waals surface area contributed by atoms with Crippen LogP contribution in [-0.2, 0) is 9.59 Å². The Morgan fingerprint density at radius 1 is 1.00 bits per heavy atom. The van der Waals surface area contributed by atoms with E-state index in [1.165, 1.54) is 0 Å². The van der Waals surface area contributed by atoms with E-state index >= 15 is 0 Å². The van der Waals surface area contributed by atoms with Crippen molar-refractivity contribution in [3.8, 4) is 0 Å². The molecule has 3 aromatic carbocycles. The Morgan fingerprint density at radius 3 is 2.47 bits per heavy atom. The van der Waals surface area contributed by atoms with Crippen LogP contribution >= 0.6 is 11.8 Å². The zero-order valence-electron chi connectivity index (χ0n) is 17.9. The number of amides is 3. The van der Waals surface area contributed by atoms with E-state index in [0.717, 1.165) is 38.7 Å². The maximum absolute atomic E-state index is 12.7. The molecule has 0 spiro atoms. The molecule has 1 N–H and O–H groups in total. The molecule has 1 heterocycles. The minimum atomic E-state index is -0.366. The SMILES string of the molecule is CN(C)c1ccc(/C=C2\SC(=O)N(CCC(=O)Nc3cccc4ccccc34)C2=O)cc1. The van der Waals surface area contributed by atoms with Gasteiger partial charge in [-0.1, -0.05) is 48.5 Å². The minimum absolute atomic E-state index is 0.0338. The molecule has 1 aliphatic heterocycles. The lowest BCUT2D eigenvalue weighted by atomic mass is 10.1. The number of hydrogen-bond acceptors (Lipinski definition) is 5. The third-order valence-electron chi connectivity index (χ3n) is 5.21. The van der Waals surface area contributed by atoms with Gasteiger partial charge in [0.1, 0.15) is 0 Å². The van der Waals surface area contributed by atoms with Gasteiger partial charge in [0.15, 0.2) is 0 Å². The fraction of sp³-hybridized carbons (Fsp3) is 0.160. The zero-order chi connectivity index (χ0) is 22.7. The van der Waals surface area contributed by atoms with Gasteiger partial charge in [-0.2, -0.15) is 0 Å². The highest BCUT2D eigenvalue weighted by molar-refractivity contribution is 8.18. The summed E-state index contributed by atoms with van der Waals surface area (Å²) in [5.74, 6) is -0.613. The van der Waals surface area contributed by atoms with Gasteiger partial charge in [0.2, 0.25) is 5.91 Å². The minimum Gasteiger partial charge on any atom is -0.378 e. The quantitative estimate of drug-likeness (QED) is 0.543. The fourth-order valence-electron chi connectivity index (χ4n) is 3.47. The molecule has 1 fully saturated rings. The first kappa shape index (κ1) is 21.6. The topological polar surface area (TPSA) is 69.7 Å². The van der Waals surface area contributed by atoms with Crippen molar-refractivity contribution in [1.82, 2.24) is 4.90 Å². The normalized spacial score (nSPS) is 14.9. The molecule has 162 valence electrons. The molecule has 4 rings (SSSR count). The second-order valence-corrected chi connectivity index (χ2v) is 8.64. The molecule has 0 aromatic heterocycles. The van der Waals surface area contributed by atoms with E-state index in [9.17, 15) is 14.4 Å². The molecule has 1 saturated heterocycles. The second-order valence-electron chi connectivity index (χ2n) is 7.64. The van der Waals surface area contributed by atoms with Crippen LogP contribution in [0.15, 0.2) is 71.6 Å². The number of nitrogens with one attached hydrogen (secondary N) is 1. The van der Waals surface area contributed by atoms with Crippen molar-refractivity contribution in [3.63, 3.8) is 0 Å². The Labute approximate surface area is 190 Å². The summed E-state index contributed by atoms with van der Waals surface area (Å²) in [6.45, 7) is 0.0399. The first-order valence-corrected chi connectivity index (χ1v) is 11.0. The molecule has 0 bridgehead atoms. The molecular weight excluding hydrogens is 422 g/mol. The number of benzene rings is 3. The van der Waals surface area contributed by atoms with Crippen LogP contribution in [0.2, 0.25) is 0 Å². The number of fused-ring (bicyclic) bond motifs is 1. The van der Waals surface area contributed by atoms with Crippen molar-refractivity contribution in [1.29, 1.82) is 0 Å². The molecule has 3 amide bonds. The number of carbonyl (C=O) groups excluding carboxylic acids is 3. The van der Waals surface area contributed by atoms with Crippen molar-refractivity contribution in [2.24, 2.45) is 0 Å². The average molecular weight is 446 g/mol. The van der Waals surface area contributed by atoms with Crippen molar-refractivity contribution >= 4 is 57.0 Å². The van der Waals surface area contributed by atoms with Crippen LogP contribution in [0.25, 0.3) is 16.8 Å². The monoisotopic (exact) mass is 445 g/mol. The zero-order valence-corrected chi connectivity index (χ0v) is 18.7. The van der Waals surface area contributed by atoms with Crippen LogP contribution in [0.5, 0.6) is 0 Å². The maximum Gasteiger partial charge on any atom is 0.293 e. The summed E-state index contributed by atoms with van der Waals surface area (Å²) in [6, 6.07) is 21.2. The van der Waals surface area contributed by atoms with E-state index in [0.29, 0.717) is 10.6 Å². The van der Waals surface area contributed by atoms with Crippen molar-refractivity contribution in [3.05, 3.63) is 77.2 Å². The van der Waals surface area contributed by atoms with Crippen molar-refractivity contribution in [2.75, 3.05) is 30.9 Å². The standard InChI is InChI=1S/C25H23N3O3S/c1-27(2)19-12-10-17(11-13-19)16-22-24(30)28(25(31)32-22)15-14-23(29)26-21-9-5-7-18-6-3-4-8-20(18)21/h3-13,16H,14-15H2,1-2H3,(H,26,29)/b22-16-. The Bertz CT molecular complexity index is 1210. The Balaban J connectivity index is 1.39. The molecule has 3 aromatic rings. The van der Waals surface area contributed by atoms with Crippen LogP contribution in [-0.4, -0.2) is 42.6 Å². The molecule has 0 unspecified atom stereocenters. The predicted octanol–water partition coefficient (Wildman–Crippen LogP) is 4.97. The van der Waals surface area contributed by atoms with E-state index in [-0.39, 0.29) is 30.0 Å². The summed E-state index contributed by atoms with van der Waals surface area (Å²) >= 11 is 0.901. The number of anilines is 2. The van der Waals surface area contributed by atoms with Gasteiger partial charge in [0.05, 0.1) is 4.91 Å². The van der Waals surface area contributed by atoms with Gasteiger partial charge in [0, 0.05) is 43.8 Å². The molecule has 32 heavy (non-hydrogen) atoms. The third kappa shape index (κ3) is 4.68. The van der Waals surface area contributed by atoms with E-state index < -0.39 is 0 Å². The van der Waals surface area contributed by atoms with E-state index in [1.807, 2.05) is 85.7 Å². The molecule has 6 nitrogen and oxygen atoms in total. The van der Waals surface area contributed by atoms with Gasteiger partial charge in [-0.3, -0.25) is 19.3 Å².